The highest BCUT2D eigenvalue weighted by atomic mass is 127. The lowest BCUT2D eigenvalue weighted by atomic mass is 9.96. The molecular weight excluding hydrogens is 464 g/mol. The first-order chi connectivity index (χ1) is 12.2. The van der Waals surface area contributed by atoms with Crippen LogP contribution in [0.5, 0.6) is 0 Å². The van der Waals surface area contributed by atoms with E-state index < -0.39 is 0 Å². The lowest BCUT2D eigenvalue weighted by Gasteiger charge is -2.26. The average molecular weight is 495 g/mol. The number of ether oxygens (including phenoxy) is 1. The predicted molar refractivity (Wildman–Crippen MR) is 120 cm³/mol. The van der Waals surface area contributed by atoms with Gasteiger partial charge in [0.2, 0.25) is 0 Å². The molecule has 1 N–H and O–H groups in total. The van der Waals surface area contributed by atoms with Gasteiger partial charge in [0, 0.05) is 51.9 Å². The zero-order valence-corrected chi connectivity index (χ0v) is 18.9. The number of hydrogen-bond donors (Lipinski definition) is 1. The van der Waals surface area contributed by atoms with Crippen molar-refractivity contribution in [3.63, 3.8) is 0 Å². The van der Waals surface area contributed by atoms with Crippen LogP contribution >= 0.6 is 35.7 Å². The van der Waals surface area contributed by atoms with Gasteiger partial charge in [-0.2, -0.15) is 11.8 Å². The third-order valence-corrected chi connectivity index (χ3v) is 5.54. The molecule has 0 bridgehead atoms. The number of hydrogen-bond acceptors (Lipinski definition) is 3. The van der Waals surface area contributed by atoms with Crippen molar-refractivity contribution in [3.8, 4) is 0 Å². The average Bonchev–Trinajstić information content (AvgIpc) is 2.65. The Balaban J connectivity index is 0.00000338. The van der Waals surface area contributed by atoms with Crippen LogP contribution in [0.1, 0.15) is 24.8 Å². The second kappa shape index (κ2) is 13.6. The van der Waals surface area contributed by atoms with Crippen LogP contribution in [0.4, 0.5) is 4.39 Å². The van der Waals surface area contributed by atoms with Gasteiger partial charge in [-0.15, -0.1) is 24.0 Å². The summed E-state index contributed by atoms with van der Waals surface area (Å²) in [7, 11) is 3.90. The number of nitrogens with one attached hydrogen (secondary N) is 1. The summed E-state index contributed by atoms with van der Waals surface area (Å²) in [6, 6.07) is 6.97. The molecule has 148 valence electrons. The van der Waals surface area contributed by atoms with Crippen LogP contribution < -0.4 is 5.32 Å². The van der Waals surface area contributed by atoms with E-state index in [9.17, 15) is 4.39 Å². The van der Waals surface area contributed by atoms with Gasteiger partial charge in [-0.1, -0.05) is 18.2 Å². The molecule has 26 heavy (non-hydrogen) atoms. The number of rotatable bonds is 8. The molecule has 2 rings (SSSR count). The monoisotopic (exact) mass is 495 g/mol. The van der Waals surface area contributed by atoms with Crippen molar-refractivity contribution in [2.75, 3.05) is 46.2 Å². The van der Waals surface area contributed by atoms with Gasteiger partial charge in [-0.05, 0) is 36.8 Å². The van der Waals surface area contributed by atoms with Gasteiger partial charge >= 0.3 is 0 Å². The van der Waals surface area contributed by atoms with E-state index >= 15 is 0 Å². The topological polar surface area (TPSA) is 36.9 Å². The summed E-state index contributed by atoms with van der Waals surface area (Å²) in [6.45, 7) is 3.64. The lowest BCUT2D eigenvalue weighted by molar-refractivity contribution is 0.0625. The van der Waals surface area contributed by atoms with Crippen LogP contribution in [-0.4, -0.2) is 57.0 Å². The largest absolute Gasteiger partial charge is 0.381 e. The van der Waals surface area contributed by atoms with Crippen LogP contribution in [0.2, 0.25) is 0 Å². The molecule has 1 saturated heterocycles. The molecule has 7 heteroatoms. The third kappa shape index (κ3) is 8.43. The van der Waals surface area contributed by atoms with Gasteiger partial charge < -0.3 is 15.0 Å². The Morgan fingerprint density at radius 2 is 2.08 bits per heavy atom. The number of halogens is 2. The molecule has 0 amide bonds. The van der Waals surface area contributed by atoms with Crippen LogP contribution in [0.25, 0.3) is 0 Å². The van der Waals surface area contributed by atoms with E-state index in [1.54, 1.807) is 17.8 Å². The molecule has 1 aromatic carbocycles. The summed E-state index contributed by atoms with van der Waals surface area (Å²) < 4.78 is 19.0. The number of nitrogens with zero attached hydrogens (tertiary/aromatic N) is 2. The molecule has 1 heterocycles. The molecule has 0 saturated carbocycles. The van der Waals surface area contributed by atoms with Crippen LogP contribution in [0.15, 0.2) is 29.3 Å². The van der Waals surface area contributed by atoms with E-state index in [-0.39, 0.29) is 29.8 Å². The Morgan fingerprint density at radius 1 is 1.35 bits per heavy atom. The van der Waals surface area contributed by atoms with Crippen LogP contribution in [0.3, 0.4) is 0 Å². The standard InChI is InChI=1S/C19H30FN3OS.HI/c1-21-19(23(2)11-7-16-8-12-24-13-9-16)22-10-14-25-15-17-5-3-4-6-18(17)20;/h3-6,16H,7-15H2,1-2H3,(H,21,22);1H. The molecule has 0 spiro atoms. The third-order valence-electron chi connectivity index (χ3n) is 4.53. The Labute approximate surface area is 178 Å². The van der Waals surface area contributed by atoms with Gasteiger partial charge in [-0.3, -0.25) is 4.99 Å². The fraction of sp³-hybridized carbons (Fsp3) is 0.632. The maximum absolute atomic E-state index is 13.6. The first-order valence-electron chi connectivity index (χ1n) is 9.01. The maximum atomic E-state index is 13.6. The first kappa shape index (κ1) is 23.5. The molecule has 1 aliphatic heterocycles. The van der Waals surface area contributed by atoms with Gasteiger partial charge in [-0.25, -0.2) is 4.39 Å². The van der Waals surface area contributed by atoms with Crippen molar-refractivity contribution in [2.24, 2.45) is 10.9 Å². The summed E-state index contributed by atoms with van der Waals surface area (Å²) >= 11 is 1.73. The first-order valence-corrected chi connectivity index (χ1v) is 10.2. The highest BCUT2D eigenvalue weighted by Crippen LogP contribution is 2.18. The Kier molecular flexibility index (Phi) is 12.3. The minimum Gasteiger partial charge on any atom is -0.381 e. The SMILES string of the molecule is CN=C(NCCSCc1ccccc1F)N(C)CCC1CCOCC1.I. The van der Waals surface area contributed by atoms with E-state index in [4.69, 9.17) is 4.74 Å². The molecule has 0 unspecified atom stereocenters. The molecule has 1 aromatic rings. The predicted octanol–water partition coefficient (Wildman–Crippen LogP) is 4.00. The summed E-state index contributed by atoms with van der Waals surface area (Å²) in [5.41, 5.74) is 0.769. The molecule has 0 aliphatic carbocycles. The van der Waals surface area contributed by atoms with Crippen molar-refractivity contribution in [3.05, 3.63) is 35.6 Å². The van der Waals surface area contributed by atoms with E-state index in [1.807, 2.05) is 19.2 Å². The van der Waals surface area contributed by atoms with Crippen LogP contribution in [-0.2, 0) is 10.5 Å². The number of benzene rings is 1. The molecule has 1 aliphatic rings. The lowest BCUT2D eigenvalue weighted by Crippen LogP contribution is -2.41. The minimum absolute atomic E-state index is 0. The summed E-state index contributed by atoms with van der Waals surface area (Å²) in [6.07, 6.45) is 3.53. The van der Waals surface area contributed by atoms with Crippen LogP contribution in [0, 0.1) is 11.7 Å². The highest BCUT2D eigenvalue weighted by Gasteiger charge is 2.15. The van der Waals surface area contributed by atoms with Gasteiger partial charge in [0.05, 0.1) is 0 Å². The normalized spacial score (nSPS) is 15.4. The van der Waals surface area contributed by atoms with E-state index in [1.165, 1.54) is 25.3 Å². The van der Waals surface area contributed by atoms with Crippen molar-refractivity contribution in [2.45, 2.75) is 25.0 Å². The highest BCUT2D eigenvalue weighted by molar-refractivity contribution is 14.0. The van der Waals surface area contributed by atoms with Crippen molar-refractivity contribution < 1.29 is 9.13 Å². The fourth-order valence-electron chi connectivity index (χ4n) is 2.93. The Bertz CT molecular complexity index is 541. The van der Waals surface area contributed by atoms with Gasteiger partial charge in [0.15, 0.2) is 5.96 Å². The maximum Gasteiger partial charge on any atom is 0.193 e. The Hall–Kier alpha value is -0.540. The molecule has 0 atom stereocenters. The van der Waals surface area contributed by atoms with E-state index in [2.05, 4.69) is 22.3 Å². The van der Waals surface area contributed by atoms with Gasteiger partial charge in [0.1, 0.15) is 5.82 Å². The molecular formula is C19H31FIN3OS. The number of aliphatic imine (C=N–C) groups is 1. The summed E-state index contributed by atoms with van der Waals surface area (Å²) in [5, 5.41) is 3.39. The van der Waals surface area contributed by atoms with Crippen molar-refractivity contribution >= 4 is 41.7 Å². The van der Waals surface area contributed by atoms with Crippen molar-refractivity contribution in [1.82, 2.24) is 10.2 Å². The molecule has 1 fully saturated rings. The van der Waals surface area contributed by atoms with Gasteiger partial charge in [0.25, 0.3) is 0 Å². The smallest absolute Gasteiger partial charge is 0.193 e. The summed E-state index contributed by atoms with van der Waals surface area (Å²) in [5.74, 6) is 3.20. The number of guanidine groups is 1. The number of thioether (sulfide) groups is 1. The van der Waals surface area contributed by atoms with E-state index in [0.717, 1.165) is 49.5 Å². The minimum atomic E-state index is -0.119. The molecule has 0 radical (unpaired) electrons. The zero-order chi connectivity index (χ0) is 17.9. The molecule has 4 nitrogen and oxygen atoms in total. The second-order valence-corrected chi connectivity index (χ2v) is 7.49. The molecule has 0 aromatic heterocycles. The van der Waals surface area contributed by atoms with E-state index in [0.29, 0.717) is 5.75 Å². The fourth-order valence-corrected chi connectivity index (χ4v) is 3.78. The Morgan fingerprint density at radius 3 is 2.77 bits per heavy atom. The summed E-state index contributed by atoms with van der Waals surface area (Å²) in [4.78, 5) is 6.55. The quantitative estimate of drug-likeness (QED) is 0.256. The van der Waals surface area contributed by atoms with Crippen molar-refractivity contribution in [1.29, 1.82) is 0 Å². The second-order valence-electron chi connectivity index (χ2n) is 6.38. The zero-order valence-electron chi connectivity index (χ0n) is 15.7.